The van der Waals surface area contributed by atoms with Crippen molar-refractivity contribution in [3.8, 4) is 6.07 Å². The molecule has 2 aromatic rings. The first-order chi connectivity index (χ1) is 8.83. The summed E-state index contributed by atoms with van der Waals surface area (Å²) < 4.78 is 5.26. The summed E-state index contributed by atoms with van der Waals surface area (Å²) in [5.74, 6) is 0.980. The van der Waals surface area contributed by atoms with Crippen LogP contribution in [0.1, 0.15) is 23.1 Å². The maximum atomic E-state index is 9.36. The van der Waals surface area contributed by atoms with Crippen LogP contribution >= 0.6 is 0 Å². The molecule has 0 aliphatic heterocycles. The van der Waals surface area contributed by atoms with Gasteiger partial charge in [0.25, 0.3) is 0 Å². The van der Waals surface area contributed by atoms with E-state index in [-0.39, 0.29) is 12.6 Å². The third-order valence-electron chi connectivity index (χ3n) is 2.68. The topological polar surface area (TPSA) is 69.2 Å². The smallest absolute Gasteiger partial charge is 0.203 e. The molecule has 0 amide bonds. The van der Waals surface area contributed by atoms with Crippen molar-refractivity contribution in [2.75, 3.05) is 6.61 Å². The Morgan fingerprint density at radius 1 is 1.22 bits per heavy atom. The number of nitrogens with zero attached hydrogens (tertiary/aromatic N) is 1. The summed E-state index contributed by atoms with van der Waals surface area (Å²) in [6.07, 6.45) is 0. The maximum Gasteiger partial charge on any atom is 0.203 e. The molecular weight excluding hydrogens is 228 g/mol. The minimum Gasteiger partial charge on any atom is -0.449 e. The second kappa shape index (κ2) is 6.01. The number of nitriles is 1. The van der Waals surface area contributed by atoms with Crippen LogP contribution in [-0.2, 0) is 6.54 Å². The molecule has 1 aromatic carbocycles. The fourth-order valence-electron chi connectivity index (χ4n) is 1.73. The van der Waals surface area contributed by atoms with Crippen molar-refractivity contribution in [3.05, 3.63) is 59.5 Å². The van der Waals surface area contributed by atoms with Gasteiger partial charge < -0.3 is 14.8 Å². The van der Waals surface area contributed by atoms with Crippen LogP contribution in [0.4, 0.5) is 0 Å². The number of rotatable bonds is 5. The number of nitrogens with one attached hydrogen (secondary N) is 1. The molecule has 0 fully saturated rings. The summed E-state index contributed by atoms with van der Waals surface area (Å²) in [5, 5.41) is 21.2. The lowest BCUT2D eigenvalue weighted by molar-refractivity contribution is 0.241. The summed E-state index contributed by atoms with van der Waals surface area (Å²) in [6, 6.07) is 14.9. The number of hydrogen-bond acceptors (Lipinski definition) is 4. The number of aliphatic hydroxyl groups is 1. The molecule has 1 atom stereocenters. The van der Waals surface area contributed by atoms with Gasteiger partial charge in [-0.25, -0.2) is 0 Å². The highest BCUT2D eigenvalue weighted by atomic mass is 16.3. The Balaban J connectivity index is 1.98. The molecule has 4 heteroatoms. The SMILES string of the molecule is N#Cc1ccc(CN[C@H](CO)c2ccccc2)o1. The summed E-state index contributed by atoms with van der Waals surface area (Å²) in [4.78, 5) is 0. The van der Waals surface area contributed by atoms with Gasteiger partial charge in [-0.1, -0.05) is 30.3 Å². The normalized spacial score (nSPS) is 12.0. The third kappa shape index (κ3) is 2.98. The quantitative estimate of drug-likeness (QED) is 0.841. The molecule has 0 radical (unpaired) electrons. The molecular formula is C14H14N2O2. The lowest BCUT2D eigenvalue weighted by Crippen LogP contribution is -2.23. The fraction of sp³-hybridized carbons (Fsp3) is 0.214. The van der Waals surface area contributed by atoms with E-state index in [1.54, 1.807) is 12.1 Å². The Morgan fingerprint density at radius 3 is 2.61 bits per heavy atom. The minimum atomic E-state index is -0.137. The van der Waals surface area contributed by atoms with Crippen LogP contribution in [0.15, 0.2) is 46.9 Å². The van der Waals surface area contributed by atoms with Crippen LogP contribution in [-0.4, -0.2) is 11.7 Å². The number of furan rings is 1. The number of hydrogen-bond donors (Lipinski definition) is 2. The zero-order valence-electron chi connectivity index (χ0n) is 9.84. The van der Waals surface area contributed by atoms with Gasteiger partial charge in [0.05, 0.1) is 19.2 Å². The first-order valence-electron chi connectivity index (χ1n) is 5.71. The van der Waals surface area contributed by atoms with Gasteiger partial charge in [-0.05, 0) is 17.7 Å². The molecule has 1 aromatic heterocycles. The van der Waals surface area contributed by atoms with Crippen molar-refractivity contribution in [3.63, 3.8) is 0 Å². The largest absolute Gasteiger partial charge is 0.449 e. The van der Waals surface area contributed by atoms with Gasteiger partial charge in [-0.3, -0.25) is 0 Å². The highest BCUT2D eigenvalue weighted by molar-refractivity contribution is 5.21. The van der Waals surface area contributed by atoms with Crippen molar-refractivity contribution >= 4 is 0 Å². The lowest BCUT2D eigenvalue weighted by Gasteiger charge is -2.15. The maximum absolute atomic E-state index is 9.36. The third-order valence-corrected chi connectivity index (χ3v) is 2.68. The molecule has 2 rings (SSSR count). The molecule has 2 N–H and O–H groups in total. The van der Waals surface area contributed by atoms with Crippen LogP contribution < -0.4 is 5.32 Å². The van der Waals surface area contributed by atoms with Crippen LogP contribution in [0.3, 0.4) is 0 Å². The summed E-state index contributed by atoms with van der Waals surface area (Å²) in [6.45, 7) is 0.484. The Bertz CT molecular complexity index is 528. The van der Waals surface area contributed by atoms with E-state index in [0.717, 1.165) is 5.56 Å². The van der Waals surface area contributed by atoms with E-state index in [0.29, 0.717) is 18.1 Å². The first-order valence-corrected chi connectivity index (χ1v) is 5.71. The highest BCUT2D eigenvalue weighted by Gasteiger charge is 2.10. The Morgan fingerprint density at radius 2 is 2.00 bits per heavy atom. The first kappa shape index (κ1) is 12.4. The van der Waals surface area contributed by atoms with Crippen LogP contribution in [0.2, 0.25) is 0 Å². The summed E-state index contributed by atoms with van der Waals surface area (Å²) in [7, 11) is 0. The van der Waals surface area contributed by atoms with E-state index in [4.69, 9.17) is 9.68 Å². The predicted molar refractivity (Wildman–Crippen MR) is 66.5 cm³/mol. The molecule has 92 valence electrons. The average Bonchev–Trinajstić information content (AvgIpc) is 2.89. The zero-order valence-corrected chi connectivity index (χ0v) is 9.84. The Kier molecular flexibility index (Phi) is 4.13. The molecule has 18 heavy (non-hydrogen) atoms. The van der Waals surface area contributed by atoms with Gasteiger partial charge in [0.15, 0.2) is 0 Å². The number of aliphatic hydroxyl groups excluding tert-OH is 1. The molecule has 0 saturated carbocycles. The van der Waals surface area contributed by atoms with Crippen molar-refractivity contribution in [2.24, 2.45) is 0 Å². The fourth-order valence-corrected chi connectivity index (χ4v) is 1.73. The van der Waals surface area contributed by atoms with Crippen molar-refractivity contribution in [2.45, 2.75) is 12.6 Å². The van der Waals surface area contributed by atoms with Gasteiger partial charge in [0, 0.05) is 0 Å². The van der Waals surface area contributed by atoms with E-state index in [9.17, 15) is 5.11 Å². The Labute approximate surface area is 105 Å². The van der Waals surface area contributed by atoms with Crippen molar-refractivity contribution in [1.29, 1.82) is 5.26 Å². The molecule has 4 nitrogen and oxygen atoms in total. The van der Waals surface area contributed by atoms with Crippen molar-refractivity contribution < 1.29 is 9.52 Å². The molecule has 0 bridgehead atoms. The second-order valence-corrected chi connectivity index (χ2v) is 3.90. The molecule has 1 heterocycles. The summed E-state index contributed by atoms with van der Waals surface area (Å²) >= 11 is 0. The molecule has 0 aliphatic carbocycles. The highest BCUT2D eigenvalue weighted by Crippen LogP contribution is 2.13. The standard InChI is InChI=1S/C14H14N2O2/c15-8-12-6-7-13(18-12)9-16-14(10-17)11-4-2-1-3-5-11/h1-7,14,16-17H,9-10H2/t14-/m1/s1. The van der Waals surface area contributed by atoms with Gasteiger partial charge in [0.1, 0.15) is 11.8 Å². The van der Waals surface area contributed by atoms with Gasteiger partial charge in [-0.15, -0.1) is 0 Å². The number of benzene rings is 1. The minimum absolute atomic E-state index is 0.00975. The van der Waals surface area contributed by atoms with E-state index in [1.807, 2.05) is 36.4 Å². The van der Waals surface area contributed by atoms with Gasteiger partial charge in [-0.2, -0.15) is 5.26 Å². The monoisotopic (exact) mass is 242 g/mol. The van der Waals surface area contributed by atoms with Crippen LogP contribution in [0.25, 0.3) is 0 Å². The molecule has 0 spiro atoms. The predicted octanol–water partition coefficient (Wildman–Crippen LogP) is 1.97. The average molecular weight is 242 g/mol. The van der Waals surface area contributed by atoms with Crippen molar-refractivity contribution in [1.82, 2.24) is 5.32 Å². The lowest BCUT2D eigenvalue weighted by atomic mass is 10.1. The van der Waals surface area contributed by atoms with E-state index >= 15 is 0 Å². The van der Waals surface area contributed by atoms with Crippen LogP contribution in [0, 0.1) is 11.3 Å². The zero-order chi connectivity index (χ0) is 12.8. The van der Waals surface area contributed by atoms with E-state index in [1.165, 1.54) is 0 Å². The van der Waals surface area contributed by atoms with E-state index < -0.39 is 0 Å². The van der Waals surface area contributed by atoms with E-state index in [2.05, 4.69) is 5.32 Å². The summed E-state index contributed by atoms with van der Waals surface area (Å²) in [5.41, 5.74) is 1.02. The second-order valence-electron chi connectivity index (χ2n) is 3.90. The van der Waals surface area contributed by atoms with Gasteiger partial charge in [0.2, 0.25) is 5.76 Å². The molecule has 0 saturated heterocycles. The van der Waals surface area contributed by atoms with Gasteiger partial charge >= 0.3 is 0 Å². The Hall–Kier alpha value is -2.09. The molecule has 0 unspecified atom stereocenters. The van der Waals surface area contributed by atoms with Crippen LogP contribution in [0.5, 0.6) is 0 Å². The molecule has 0 aliphatic rings.